The first-order valence-corrected chi connectivity index (χ1v) is 9.79. The smallest absolute Gasteiger partial charge is 0.234 e. The van der Waals surface area contributed by atoms with Crippen LogP contribution in [0.5, 0.6) is 0 Å². The lowest BCUT2D eigenvalue weighted by molar-refractivity contribution is -0.113. The lowest BCUT2D eigenvalue weighted by Gasteiger charge is -2.09. The number of thioether (sulfide) groups is 1. The number of pyridine rings is 1. The van der Waals surface area contributed by atoms with Gasteiger partial charge in [0.05, 0.1) is 16.8 Å². The van der Waals surface area contributed by atoms with Crippen molar-refractivity contribution in [2.75, 3.05) is 11.1 Å². The van der Waals surface area contributed by atoms with Gasteiger partial charge in [0, 0.05) is 11.1 Å². The molecule has 0 spiro atoms. The molecular formula is C22H21N3OS. The van der Waals surface area contributed by atoms with Crippen molar-refractivity contribution >= 4 is 34.3 Å². The number of hydrogen-bond donors (Lipinski definition) is 1. The Labute approximate surface area is 163 Å². The highest BCUT2D eigenvalue weighted by Crippen LogP contribution is 2.27. The summed E-state index contributed by atoms with van der Waals surface area (Å²) in [4.78, 5) is 16.8. The number of aryl methyl sites for hydroxylation is 1. The van der Waals surface area contributed by atoms with E-state index in [-0.39, 0.29) is 11.7 Å². The van der Waals surface area contributed by atoms with Gasteiger partial charge in [-0.25, -0.2) is 4.98 Å². The SMILES string of the molecule is Cc1ccc(NC(=O)CSc2nc3ccc(C(C)C)cc3cc2C#N)cc1. The van der Waals surface area contributed by atoms with Gasteiger partial charge in [0.25, 0.3) is 0 Å². The zero-order valence-corrected chi connectivity index (χ0v) is 16.4. The van der Waals surface area contributed by atoms with Crippen molar-refractivity contribution < 1.29 is 4.79 Å². The third-order valence-electron chi connectivity index (χ3n) is 4.27. The molecule has 0 aliphatic carbocycles. The van der Waals surface area contributed by atoms with E-state index in [1.807, 2.05) is 43.3 Å². The number of rotatable bonds is 5. The van der Waals surface area contributed by atoms with Gasteiger partial charge in [0.1, 0.15) is 11.1 Å². The fraction of sp³-hybridized carbons (Fsp3) is 0.227. The van der Waals surface area contributed by atoms with Crippen LogP contribution in [0.1, 0.15) is 36.5 Å². The van der Waals surface area contributed by atoms with E-state index >= 15 is 0 Å². The minimum atomic E-state index is -0.121. The van der Waals surface area contributed by atoms with E-state index in [2.05, 4.69) is 42.4 Å². The Bertz CT molecular complexity index is 1020. The van der Waals surface area contributed by atoms with Gasteiger partial charge in [0.2, 0.25) is 5.91 Å². The van der Waals surface area contributed by atoms with E-state index < -0.39 is 0 Å². The maximum atomic E-state index is 12.2. The molecule has 0 aliphatic rings. The summed E-state index contributed by atoms with van der Waals surface area (Å²) in [5.74, 6) is 0.495. The van der Waals surface area contributed by atoms with Crippen LogP contribution in [-0.4, -0.2) is 16.6 Å². The molecule has 0 bridgehead atoms. The van der Waals surface area contributed by atoms with Crippen molar-refractivity contribution in [3.05, 3.63) is 65.2 Å². The van der Waals surface area contributed by atoms with Gasteiger partial charge in [-0.1, -0.05) is 49.4 Å². The van der Waals surface area contributed by atoms with Crippen molar-refractivity contribution in [1.82, 2.24) is 4.98 Å². The molecule has 1 amide bonds. The number of anilines is 1. The normalized spacial score (nSPS) is 10.8. The minimum absolute atomic E-state index is 0.121. The number of carbonyl (C=O) groups excluding carboxylic acids is 1. The summed E-state index contributed by atoms with van der Waals surface area (Å²) in [6.07, 6.45) is 0. The van der Waals surface area contributed by atoms with Crippen LogP contribution in [0.2, 0.25) is 0 Å². The molecule has 0 atom stereocenters. The van der Waals surface area contributed by atoms with Gasteiger partial charge >= 0.3 is 0 Å². The van der Waals surface area contributed by atoms with Gasteiger partial charge in [-0.05, 0) is 48.7 Å². The van der Waals surface area contributed by atoms with Crippen molar-refractivity contribution in [3.63, 3.8) is 0 Å². The Hall–Kier alpha value is -2.84. The summed E-state index contributed by atoms with van der Waals surface area (Å²) in [7, 11) is 0. The highest BCUT2D eigenvalue weighted by atomic mass is 32.2. The molecule has 0 fully saturated rings. The van der Waals surface area contributed by atoms with Crippen LogP contribution < -0.4 is 5.32 Å². The van der Waals surface area contributed by atoms with Gasteiger partial charge in [-0.15, -0.1) is 0 Å². The van der Waals surface area contributed by atoms with E-state index in [0.29, 0.717) is 16.5 Å². The molecule has 2 aromatic carbocycles. The van der Waals surface area contributed by atoms with Crippen molar-refractivity contribution in [2.24, 2.45) is 0 Å². The Balaban J connectivity index is 1.75. The zero-order valence-electron chi connectivity index (χ0n) is 15.6. The molecule has 136 valence electrons. The number of amides is 1. The second-order valence-electron chi connectivity index (χ2n) is 6.76. The average Bonchev–Trinajstić information content (AvgIpc) is 2.66. The molecule has 0 saturated carbocycles. The molecule has 0 radical (unpaired) electrons. The first kappa shape index (κ1) is 18.9. The summed E-state index contributed by atoms with van der Waals surface area (Å²) in [5.41, 5.74) is 4.45. The number of benzene rings is 2. The van der Waals surface area contributed by atoms with Crippen LogP contribution in [0.4, 0.5) is 5.69 Å². The quantitative estimate of drug-likeness (QED) is 0.617. The van der Waals surface area contributed by atoms with Crippen molar-refractivity contribution in [2.45, 2.75) is 31.7 Å². The predicted octanol–water partition coefficient (Wildman–Crippen LogP) is 5.27. The number of aromatic nitrogens is 1. The number of nitriles is 1. The summed E-state index contributed by atoms with van der Waals surface area (Å²) in [6, 6.07) is 17.8. The van der Waals surface area contributed by atoms with Crippen LogP contribution in [0.25, 0.3) is 10.9 Å². The second kappa shape index (κ2) is 8.24. The highest BCUT2D eigenvalue weighted by molar-refractivity contribution is 8.00. The molecule has 0 unspecified atom stereocenters. The van der Waals surface area contributed by atoms with Gasteiger partial charge in [-0.3, -0.25) is 4.79 Å². The first-order chi connectivity index (χ1) is 13.0. The van der Waals surface area contributed by atoms with E-state index in [4.69, 9.17) is 0 Å². The summed E-state index contributed by atoms with van der Waals surface area (Å²) in [5, 5.41) is 13.9. The van der Waals surface area contributed by atoms with Gasteiger partial charge in [-0.2, -0.15) is 5.26 Å². The molecule has 3 aromatic rings. The predicted molar refractivity (Wildman–Crippen MR) is 111 cm³/mol. The average molecular weight is 375 g/mol. The minimum Gasteiger partial charge on any atom is -0.325 e. The van der Waals surface area contributed by atoms with Crippen LogP contribution in [0.15, 0.2) is 53.6 Å². The molecule has 0 aliphatic heterocycles. The summed E-state index contributed by atoms with van der Waals surface area (Å²) < 4.78 is 0. The third-order valence-corrected chi connectivity index (χ3v) is 5.26. The number of fused-ring (bicyclic) bond motifs is 1. The van der Waals surface area contributed by atoms with E-state index in [1.54, 1.807) is 0 Å². The van der Waals surface area contributed by atoms with E-state index in [1.165, 1.54) is 17.3 Å². The number of nitrogens with one attached hydrogen (secondary N) is 1. The number of carbonyl (C=O) groups is 1. The van der Waals surface area contributed by atoms with E-state index in [0.717, 1.165) is 22.2 Å². The van der Waals surface area contributed by atoms with Crippen molar-refractivity contribution in [3.8, 4) is 6.07 Å². The van der Waals surface area contributed by atoms with Gasteiger partial charge in [0.15, 0.2) is 0 Å². The molecule has 1 N–H and O–H groups in total. The molecular weight excluding hydrogens is 354 g/mol. The second-order valence-corrected chi connectivity index (χ2v) is 7.73. The Kier molecular flexibility index (Phi) is 5.78. The molecule has 5 heteroatoms. The Morgan fingerprint density at radius 2 is 1.93 bits per heavy atom. The largest absolute Gasteiger partial charge is 0.325 e. The molecule has 0 saturated heterocycles. The highest BCUT2D eigenvalue weighted by Gasteiger charge is 2.11. The fourth-order valence-corrected chi connectivity index (χ4v) is 3.46. The molecule has 1 aromatic heterocycles. The lowest BCUT2D eigenvalue weighted by atomic mass is 10.0. The zero-order chi connectivity index (χ0) is 19.4. The maximum Gasteiger partial charge on any atom is 0.234 e. The summed E-state index contributed by atoms with van der Waals surface area (Å²) in [6.45, 7) is 6.27. The number of nitrogens with zero attached hydrogens (tertiary/aromatic N) is 2. The standard InChI is InChI=1S/C22H21N3OS/c1-14(2)16-6-9-20-17(10-16)11-18(12-23)22(25-20)27-13-21(26)24-19-7-4-15(3)5-8-19/h4-11,14H,13H2,1-3H3,(H,24,26). The molecule has 3 rings (SSSR count). The molecule has 1 heterocycles. The molecule has 27 heavy (non-hydrogen) atoms. The van der Waals surface area contributed by atoms with Crippen LogP contribution >= 0.6 is 11.8 Å². The Morgan fingerprint density at radius 3 is 2.59 bits per heavy atom. The van der Waals surface area contributed by atoms with E-state index in [9.17, 15) is 10.1 Å². The number of hydrogen-bond acceptors (Lipinski definition) is 4. The maximum absolute atomic E-state index is 12.2. The summed E-state index contributed by atoms with van der Waals surface area (Å²) >= 11 is 1.28. The van der Waals surface area contributed by atoms with Crippen LogP contribution in [0.3, 0.4) is 0 Å². The topological polar surface area (TPSA) is 65.8 Å². The third kappa shape index (κ3) is 4.66. The van der Waals surface area contributed by atoms with Crippen LogP contribution in [0, 0.1) is 18.3 Å². The van der Waals surface area contributed by atoms with Gasteiger partial charge < -0.3 is 5.32 Å². The lowest BCUT2D eigenvalue weighted by Crippen LogP contribution is -2.14. The first-order valence-electron chi connectivity index (χ1n) is 8.80. The van der Waals surface area contributed by atoms with Crippen molar-refractivity contribution in [1.29, 1.82) is 5.26 Å². The fourth-order valence-electron chi connectivity index (χ4n) is 2.69. The van der Waals surface area contributed by atoms with Crippen LogP contribution in [-0.2, 0) is 4.79 Å². The Morgan fingerprint density at radius 1 is 1.19 bits per heavy atom. The monoisotopic (exact) mass is 375 g/mol. The molecule has 4 nitrogen and oxygen atoms in total.